The average molecular weight is 218 g/mol. The molecule has 1 rings (SSSR count). The lowest BCUT2D eigenvalue weighted by Gasteiger charge is -2.17. The van der Waals surface area contributed by atoms with Crippen molar-refractivity contribution in [2.45, 2.75) is 12.2 Å². The van der Waals surface area contributed by atoms with E-state index in [9.17, 15) is 10.2 Å². The maximum absolute atomic E-state index is 9.56. The van der Waals surface area contributed by atoms with Crippen LogP contribution in [0.15, 0.2) is 18.2 Å². The predicted octanol–water partition coefficient (Wildman–Crippen LogP) is 0.607. The number of aliphatic hydroxyl groups excluding tert-OH is 2. The molecule has 0 bridgehead atoms. The highest BCUT2D eigenvalue weighted by Crippen LogP contribution is 2.26. The highest BCUT2D eigenvalue weighted by molar-refractivity contribution is 6.18. The van der Waals surface area contributed by atoms with E-state index >= 15 is 0 Å². The molecular formula is C9H12ClNO3. The van der Waals surface area contributed by atoms with Gasteiger partial charge in [-0.1, -0.05) is 6.07 Å². The number of alkyl halides is 1. The fraction of sp³-hybridized carbons (Fsp3) is 0.333. The van der Waals surface area contributed by atoms with Crippen molar-refractivity contribution in [3.05, 3.63) is 23.8 Å². The van der Waals surface area contributed by atoms with Crippen LogP contribution >= 0.6 is 11.6 Å². The number of nitrogens with two attached hydrogens (primary N) is 1. The summed E-state index contributed by atoms with van der Waals surface area (Å²) in [6.07, 6.45) is -2.20. The molecule has 1 aromatic carbocycles. The Morgan fingerprint density at radius 3 is 2.50 bits per heavy atom. The topological polar surface area (TPSA) is 86.7 Å². The summed E-state index contributed by atoms with van der Waals surface area (Å²) in [5.74, 6) is -0.0691. The van der Waals surface area contributed by atoms with Crippen LogP contribution in [0.4, 0.5) is 5.69 Å². The summed E-state index contributed by atoms with van der Waals surface area (Å²) in [4.78, 5) is 0. The highest BCUT2D eigenvalue weighted by Gasteiger charge is 2.19. The molecule has 0 aliphatic heterocycles. The Morgan fingerprint density at radius 1 is 1.36 bits per heavy atom. The number of rotatable bonds is 3. The Morgan fingerprint density at radius 2 is 2.00 bits per heavy atom. The van der Waals surface area contributed by atoms with Crippen molar-refractivity contribution in [3.63, 3.8) is 0 Å². The van der Waals surface area contributed by atoms with E-state index in [-0.39, 0.29) is 17.3 Å². The minimum Gasteiger partial charge on any atom is -0.508 e. The monoisotopic (exact) mass is 217 g/mol. The van der Waals surface area contributed by atoms with E-state index in [0.717, 1.165) is 0 Å². The number of aliphatic hydroxyl groups is 2. The number of nitrogen functional groups attached to an aromatic ring is 1. The van der Waals surface area contributed by atoms with Crippen LogP contribution < -0.4 is 5.73 Å². The van der Waals surface area contributed by atoms with Crippen LogP contribution in [0.5, 0.6) is 5.75 Å². The fourth-order valence-electron chi connectivity index (χ4n) is 1.12. The Bertz CT molecular complexity index is 319. The van der Waals surface area contributed by atoms with E-state index in [1.165, 1.54) is 18.2 Å². The number of phenols is 1. The van der Waals surface area contributed by atoms with Gasteiger partial charge < -0.3 is 21.1 Å². The first-order chi connectivity index (χ1) is 6.56. The third kappa shape index (κ3) is 2.29. The molecule has 0 aliphatic rings. The summed E-state index contributed by atoms with van der Waals surface area (Å²) in [6.45, 7) is 0. The minimum absolute atomic E-state index is 0.0128. The Kier molecular flexibility index (Phi) is 3.57. The van der Waals surface area contributed by atoms with Gasteiger partial charge in [0.15, 0.2) is 0 Å². The summed E-state index contributed by atoms with van der Waals surface area (Å²) in [5.41, 5.74) is 6.12. The van der Waals surface area contributed by atoms with Crippen molar-refractivity contribution in [1.29, 1.82) is 0 Å². The van der Waals surface area contributed by atoms with Gasteiger partial charge in [-0.3, -0.25) is 0 Å². The van der Waals surface area contributed by atoms with Crippen LogP contribution in [0.25, 0.3) is 0 Å². The Balaban J connectivity index is 2.95. The lowest BCUT2D eigenvalue weighted by molar-refractivity contribution is 0.0331. The van der Waals surface area contributed by atoms with Crippen LogP contribution in [0.3, 0.4) is 0 Å². The van der Waals surface area contributed by atoms with Gasteiger partial charge in [0.1, 0.15) is 11.9 Å². The molecule has 2 atom stereocenters. The maximum Gasteiger partial charge on any atom is 0.117 e. The van der Waals surface area contributed by atoms with Crippen LogP contribution in [0, 0.1) is 0 Å². The van der Waals surface area contributed by atoms with Gasteiger partial charge in [-0.15, -0.1) is 11.6 Å². The smallest absolute Gasteiger partial charge is 0.117 e. The standard InChI is InChI=1S/C9H12ClNO3/c10-4-8(13)9(14)6-2-1-5(12)3-7(6)11/h1-3,8-9,12-14H,4,11H2. The molecule has 1 aromatic rings. The molecule has 0 aliphatic carbocycles. The van der Waals surface area contributed by atoms with Crippen LogP contribution in [-0.4, -0.2) is 27.3 Å². The van der Waals surface area contributed by atoms with Crippen molar-refractivity contribution in [3.8, 4) is 5.75 Å². The molecule has 14 heavy (non-hydrogen) atoms. The largest absolute Gasteiger partial charge is 0.508 e. The zero-order valence-corrected chi connectivity index (χ0v) is 8.15. The number of benzene rings is 1. The number of aromatic hydroxyl groups is 1. The van der Waals surface area contributed by atoms with Crippen molar-refractivity contribution in [2.24, 2.45) is 0 Å². The molecule has 5 heteroatoms. The Hall–Kier alpha value is -0.970. The second-order valence-corrected chi connectivity index (χ2v) is 3.29. The van der Waals surface area contributed by atoms with Crippen LogP contribution in [0.2, 0.25) is 0 Å². The van der Waals surface area contributed by atoms with Gasteiger partial charge in [0.2, 0.25) is 0 Å². The van der Waals surface area contributed by atoms with Gasteiger partial charge in [0.25, 0.3) is 0 Å². The van der Waals surface area contributed by atoms with Gasteiger partial charge in [-0.05, 0) is 6.07 Å². The zero-order valence-electron chi connectivity index (χ0n) is 7.39. The van der Waals surface area contributed by atoms with Gasteiger partial charge in [0, 0.05) is 17.3 Å². The lowest BCUT2D eigenvalue weighted by Crippen LogP contribution is -2.20. The van der Waals surface area contributed by atoms with Gasteiger partial charge in [-0.2, -0.15) is 0 Å². The van der Waals surface area contributed by atoms with E-state index in [1.807, 2.05) is 0 Å². The summed E-state index contributed by atoms with van der Waals surface area (Å²) >= 11 is 5.38. The van der Waals surface area contributed by atoms with Crippen molar-refractivity contribution < 1.29 is 15.3 Å². The normalized spacial score (nSPS) is 15.1. The fourth-order valence-corrected chi connectivity index (χ4v) is 1.29. The van der Waals surface area contributed by atoms with Crippen LogP contribution in [0.1, 0.15) is 11.7 Å². The average Bonchev–Trinajstić information content (AvgIpc) is 2.15. The molecule has 0 amide bonds. The van der Waals surface area contributed by atoms with E-state index in [1.54, 1.807) is 0 Å². The van der Waals surface area contributed by atoms with Crippen molar-refractivity contribution >= 4 is 17.3 Å². The number of anilines is 1. The van der Waals surface area contributed by atoms with Gasteiger partial charge in [-0.25, -0.2) is 0 Å². The molecule has 0 saturated carbocycles. The first-order valence-electron chi connectivity index (χ1n) is 4.06. The maximum atomic E-state index is 9.56. The summed E-state index contributed by atoms with van der Waals surface area (Å²) in [5, 5.41) is 27.9. The third-order valence-electron chi connectivity index (χ3n) is 1.91. The van der Waals surface area contributed by atoms with Crippen molar-refractivity contribution in [1.82, 2.24) is 0 Å². The highest BCUT2D eigenvalue weighted by atomic mass is 35.5. The SMILES string of the molecule is Nc1cc(O)ccc1C(O)C(O)CCl. The Labute approximate surface area is 86.6 Å². The molecule has 2 unspecified atom stereocenters. The first-order valence-corrected chi connectivity index (χ1v) is 4.60. The minimum atomic E-state index is -1.13. The third-order valence-corrected chi connectivity index (χ3v) is 2.23. The van der Waals surface area contributed by atoms with Crippen molar-refractivity contribution in [2.75, 3.05) is 11.6 Å². The second-order valence-electron chi connectivity index (χ2n) is 2.98. The second kappa shape index (κ2) is 4.50. The summed E-state index contributed by atoms with van der Waals surface area (Å²) in [7, 11) is 0. The molecular weight excluding hydrogens is 206 g/mol. The molecule has 0 aromatic heterocycles. The molecule has 78 valence electrons. The molecule has 0 spiro atoms. The predicted molar refractivity (Wildman–Crippen MR) is 54.2 cm³/mol. The lowest BCUT2D eigenvalue weighted by atomic mass is 10.0. The molecule has 0 radical (unpaired) electrons. The summed E-state index contributed by atoms with van der Waals surface area (Å²) < 4.78 is 0. The number of hydrogen-bond acceptors (Lipinski definition) is 4. The zero-order chi connectivity index (χ0) is 10.7. The number of phenolic OH excluding ortho intramolecular Hbond substituents is 1. The molecule has 0 fully saturated rings. The molecule has 0 saturated heterocycles. The number of halogens is 1. The van der Waals surface area contributed by atoms with E-state index in [0.29, 0.717) is 5.56 Å². The van der Waals surface area contributed by atoms with E-state index in [2.05, 4.69) is 0 Å². The van der Waals surface area contributed by atoms with Crippen LogP contribution in [-0.2, 0) is 0 Å². The molecule has 4 nitrogen and oxygen atoms in total. The molecule has 5 N–H and O–H groups in total. The van der Waals surface area contributed by atoms with Gasteiger partial charge in [0.05, 0.1) is 12.0 Å². The number of hydrogen-bond donors (Lipinski definition) is 4. The summed E-state index contributed by atoms with van der Waals surface area (Å²) in [6, 6.07) is 4.14. The van der Waals surface area contributed by atoms with Gasteiger partial charge >= 0.3 is 0 Å². The van der Waals surface area contributed by atoms with E-state index in [4.69, 9.17) is 22.4 Å². The quantitative estimate of drug-likeness (QED) is 0.441. The van der Waals surface area contributed by atoms with E-state index < -0.39 is 12.2 Å². The molecule has 0 heterocycles. The first kappa shape index (κ1) is 11.1.